The maximum absolute atomic E-state index is 14.1. The van der Waals surface area contributed by atoms with Crippen LogP contribution in [0.2, 0.25) is 0 Å². The van der Waals surface area contributed by atoms with E-state index >= 15 is 0 Å². The predicted molar refractivity (Wildman–Crippen MR) is 88.8 cm³/mol. The molecule has 24 heavy (non-hydrogen) atoms. The molecular formula is C18H20FN3O2. The van der Waals surface area contributed by atoms with Crippen LogP contribution >= 0.6 is 0 Å². The summed E-state index contributed by atoms with van der Waals surface area (Å²) in [7, 11) is 0. The number of carbonyl (C=O) groups is 1. The molecule has 0 saturated carbocycles. The molecule has 0 radical (unpaired) electrons. The summed E-state index contributed by atoms with van der Waals surface area (Å²) < 4.78 is 15.4. The van der Waals surface area contributed by atoms with E-state index in [0.717, 1.165) is 12.8 Å². The third-order valence-corrected chi connectivity index (χ3v) is 4.33. The first-order valence-corrected chi connectivity index (χ1v) is 8.12. The smallest absolute Gasteiger partial charge is 0.278 e. The van der Waals surface area contributed by atoms with Crippen molar-refractivity contribution >= 4 is 5.91 Å². The molecule has 0 spiro atoms. The minimum Gasteiger partial charge on any atom is -0.337 e. The van der Waals surface area contributed by atoms with Crippen molar-refractivity contribution in [3.05, 3.63) is 57.8 Å². The molecule has 2 heterocycles. The number of hydrogen-bond acceptors (Lipinski definition) is 3. The third kappa shape index (κ3) is 3.09. The number of halogens is 1. The average molecular weight is 329 g/mol. The fourth-order valence-electron chi connectivity index (χ4n) is 3.09. The molecule has 2 aromatic rings. The lowest BCUT2D eigenvalue weighted by Crippen LogP contribution is -2.42. The highest BCUT2D eigenvalue weighted by Crippen LogP contribution is 2.17. The van der Waals surface area contributed by atoms with Gasteiger partial charge in [0.25, 0.3) is 5.91 Å². The molecule has 126 valence electrons. The zero-order valence-corrected chi connectivity index (χ0v) is 13.8. The predicted octanol–water partition coefficient (Wildman–Crippen LogP) is 2.55. The van der Waals surface area contributed by atoms with Gasteiger partial charge in [0.05, 0.1) is 0 Å². The summed E-state index contributed by atoms with van der Waals surface area (Å²) in [5.41, 5.74) is 0.117. The van der Waals surface area contributed by atoms with Gasteiger partial charge in [-0.1, -0.05) is 19.1 Å². The Morgan fingerprint density at radius 1 is 1.33 bits per heavy atom. The van der Waals surface area contributed by atoms with E-state index in [4.69, 9.17) is 0 Å². The second-order valence-corrected chi connectivity index (χ2v) is 6.36. The van der Waals surface area contributed by atoms with E-state index in [1.807, 2.05) is 0 Å². The number of carbonyl (C=O) groups excluding carboxylic acids is 1. The minimum atomic E-state index is -0.457. The zero-order valence-electron chi connectivity index (χ0n) is 13.8. The van der Waals surface area contributed by atoms with Crippen molar-refractivity contribution in [1.82, 2.24) is 14.7 Å². The summed E-state index contributed by atoms with van der Waals surface area (Å²) in [5.74, 6) is -0.430. The zero-order chi connectivity index (χ0) is 17.3. The molecule has 1 aliphatic heterocycles. The van der Waals surface area contributed by atoms with Gasteiger partial charge in [0.2, 0.25) is 5.43 Å². The van der Waals surface area contributed by atoms with E-state index in [-0.39, 0.29) is 17.3 Å². The molecule has 0 bridgehead atoms. The van der Waals surface area contributed by atoms with Crippen LogP contribution in [-0.2, 0) is 0 Å². The largest absolute Gasteiger partial charge is 0.337 e. The van der Waals surface area contributed by atoms with Crippen molar-refractivity contribution in [3.63, 3.8) is 0 Å². The Bertz CT molecular complexity index is 831. The Labute approximate surface area is 139 Å². The second kappa shape index (κ2) is 6.55. The van der Waals surface area contributed by atoms with Crippen molar-refractivity contribution < 1.29 is 9.18 Å². The molecule has 3 rings (SSSR count). The van der Waals surface area contributed by atoms with Crippen molar-refractivity contribution in [2.75, 3.05) is 13.1 Å². The Morgan fingerprint density at radius 2 is 2.08 bits per heavy atom. The van der Waals surface area contributed by atoms with Crippen molar-refractivity contribution in [3.8, 4) is 5.69 Å². The van der Waals surface area contributed by atoms with Gasteiger partial charge in [-0.3, -0.25) is 9.59 Å². The lowest BCUT2D eigenvalue weighted by molar-refractivity contribution is 0.0673. The molecule has 0 unspecified atom stereocenters. The molecule has 1 aliphatic rings. The Hall–Kier alpha value is -2.50. The minimum absolute atomic E-state index is 0.155. The van der Waals surface area contributed by atoms with E-state index in [1.165, 1.54) is 16.8 Å². The Balaban J connectivity index is 2.03. The third-order valence-electron chi connectivity index (χ3n) is 4.33. The summed E-state index contributed by atoms with van der Waals surface area (Å²) in [6.07, 6.45) is 1.99. The van der Waals surface area contributed by atoms with Crippen LogP contribution in [0.1, 0.15) is 35.9 Å². The summed E-state index contributed by atoms with van der Waals surface area (Å²) in [6.45, 7) is 4.99. The maximum atomic E-state index is 14.1. The highest BCUT2D eigenvalue weighted by Gasteiger charge is 2.25. The second-order valence-electron chi connectivity index (χ2n) is 6.36. The van der Waals surface area contributed by atoms with Gasteiger partial charge in [0.15, 0.2) is 5.69 Å². The number of rotatable bonds is 2. The number of amides is 1. The van der Waals surface area contributed by atoms with Crippen molar-refractivity contribution in [2.24, 2.45) is 5.92 Å². The standard InChI is InChI=1S/C18H20FN3O2/c1-12-6-5-9-21(11-12)18(24)17-16(23)10-13(2)22(20-17)15-8-4-3-7-14(15)19/h3-4,7-8,10,12H,5-6,9,11H2,1-2H3/t12-/m0/s1. The summed E-state index contributed by atoms with van der Waals surface area (Å²) in [5, 5.41) is 4.18. The number of hydrogen-bond donors (Lipinski definition) is 0. The summed E-state index contributed by atoms with van der Waals surface area (Å²) in [6, 6.07) is 7.49. The highest BCUT2D eigenvalue weighted by atomic mass is 19.1. The monoisotopic (exact) mass is 329 g/mol. The van der Waals surface area contributed by atoms with Crippen LogP contribution in [0.4, 0.5) is 4.39 Å². The molecule has 0 N–H and O–H groups in total. The molecule has 1 atom stereocenters. The quantitative estimate of drug-likeness (QED) is 0.851. The van der Waals surface area contributed by atoms with E-state index in [2.05, 4.69) is 12.0 Å². The van der Waals surface area contributed by atoms with Crippen LogP contribution in [0.15, 0.2) is 35.1 Å². The maximum Gasteiger partial charge on any atom is 0.278 e. The molecule has 5 nitrogen and oxygen atoms in total. The topological polar surface area (TPSA) is 55.2 Å². The fourth-order valence-corrected chi connectivity index (χ4v) is 3.09. The first-order valence-electron chi connectivity index (χ1n) is 8.12. The molecule has 1 saturated heterocycles. The molecule has 1 amide bonds. The fraction of sp³-hybridized carbons (Fsp3) is 0.389. The lowest BCUT2D eigenvalue weighted by atomic mass is 10.00. The van der Waals surface area contributed by atoms with Crippen molar-refractivity contribution in [1.29, 1.82) is 0 Å². The molecule has 6 heteroatoms. The van der Waals surface area contributed by atoms with E-state index in [1.54, 1.807) is 30.0 Å². The molecular weight excluding hydrogens is 309 g/mol. The highest BCUT2D eigenvalue weighted by molar-refractivity contribution is 5.92. The number of aromatic nitrogens is 2. The van der Waals surface area contributed by atoms with Crippen molar-refractivity contribution in [2.45, 2.75) is 26.7 Å². The van der Waals surface area contributed by atoms with Gasteiger partial charge in [-0.25, -0.2) is 9.07 Å². The SMILES string of the molecule is Cc1cc(=O)c(C(=O)N2CCC[C@H](C)C2)nn1-c1ccccc1F. The first kappa shape index (κ1) is 16.4. The number of benzene rings is 1. The van der Waals surface area contributed by atoms with Crippen LogP contribution in [0, 0.1) is 18.7 Å². The summed E-state index contributed by atoms with van der Waals surface area (Å²) in [4.78, 5) is 26.6. The number of piperidine rings is 1. The van der Waals surface area contributed by atoms with Gasteiger partial charge in [-0.05, 0) is 37.8 Å². The number of aryl methyl sites for hydroxylation is 1. The van der Waals surface area contributed by atoms with Gasteiger partial charge in [0, 0.05) is 24.8 Å². The van der Waals surface area contributed by atoms with Crippen LogP contribution in [-0.4, -0.2) is 33.7 Å². The molecule has 0 aliphatic carbocycles. The number of nitrogens with zero attached hydrogens (tertiary/aromatic N) is 3. The Kier molecular flexibility index (Phi) is 4.46. The van der Waals surface area contributed by atoms with Gasteiger partial charge in [0.1, 0.15) is 11.5 Å². The van der Waals surface area contributed by atoms with Gasteiger partial charge in [-0.15, -0.1) is 0 Å². The summed E-state index contributed by atoms with van der Waals surface area (Å²) >= 11 is 0. The number of para-hydroxylation sites is 1. The lowest BCUT2D eigenvalue weighted by Gasteiger charge is -2.30. The normalized spacial score (nSPS) is 17.8. The molecule has 1 aromatic heterocycles. The van der Waals surface area contributed by atoms with Crippen LogP contribution in [0.3, 0.4) is 0 Å². The van der Waals surface area contributed by atoms with E-state index < -0.39 is 11.2 Å². The average Bonchev–Trinajstić information content (AvgIpc) is 2.55. The first-order chi connectivity index (χ1) is 11.5. The van der Waals surface area contributed by atoms with Crippen LogP contribution < -0.4 is 5.43 Å². The van der Waals surface area contributed by atoms with Crippen LogP contribution in [0.5, 0.6) is 0 Å². The molecule has 1 fully saturated rings. The van der Waals surface area contributed by atoms with Crippen LogP contribution in [0.25, 0.3) is 5.69 Å². The van der Waals surface area contributed by atoms with Gasteiger partial charge in [-0.2, -0.15) is 5.10 Å². The molecule has 1 aromatic carbocycles. The van der Waals surface area contributed by atoms with Gasteiger partial charge < -0.3 is 4.90 Å². The van der Waals surface area contributed by atoms with Gasteiger partial charge >= 0.3 is 0 Å². The van der Waals surface area contributed by atoms with E-state index in [0.29, 0.717) is 24.7 Å². The van der Waals surface area contributed by atoms with E-state index in [9.17, 15) is 14.0 Å². The Morgan fingerprint density at radius 3 is 2.79 bits per heavy atom. The number of likely N-dealkylation sites (tertiary alicyclic amines) is 1.